The van der Waals surface area contributed by atoms with Crippen molar-refractivity contribution in [2.24, 2.45) is 4.99 Å². The van der Waals surface area contributed by atoms with E-state index in [0.717, 1.165) is 22.6 Å². The van der Waals surface area contributed by atoms with Gasteiger partial charge in [0.2, 0.25) is 0 Å². The van der Waals surface area contributed by atoms with Crippen LogP contribution in [0, 0.1) is 0 Å². The van der Waals surface area contributed by atoms with Crippen molar-refractivity contribution in [2.75, 3.05) is 0 Å². The van der Waals surface area contributed by atoms with Gasteiger partial charge in [0.25, 0.3) is 0 Å². The summed E-state index contributed by atoms with van der Waals surface area (Å²) < 4.78 is 2.46. The SMILES string of the molecule is CC1(C)c2ccccc2-c2cc3c4ccc(-c5ccccc5)cc4n(-c4cccc(C5=NC(c6ccccc6)NC(c6ccccc6)N5)c4)c3cc21. The molecule has 8 aromatic rings. The first kappa shape index (κ1) is 30.6. The number of benzene rings is 7. The molecule has 10 rings (SSSR count). The van der Waals surface area contributed by atoms with Gasteiger partial charge in [0.1, 0.15) is 18.2 Å². The maximum atomic E-state index is 5.27. The Balaban J connectivity index is 1.18. The summed E-state index contributed by atoms with van der Waals surface area (Å²) in [6.07, 6.45) is -0.296. The number of rotatable bonds is 5. The summed E-state index contributed by atoms with van der Waals surface area (Å²) in [5.74, 6) is 0.867. The predicted octanol–water partition coefficient (Wildman–Crippen LogP) is 11.1. The molecule has 1 aliphatic carbocycles. The molecular formula is C48H38N4. The maximum Gasteiger partial charge on any atom is 0.131 e. The van der Waals surface area contributed by atoms with Crippen LogP contribution in [0.1, 0.15) is 54.0 Å². The molecule has 1 aromatic heterocycles. The van der Waals surface area contributed by atoms with Crippen LogP contribution in [0.25, 0.3) is 49.7 Å². The van der Waals surface area contributed by atoms with Crippen LogP contribution < -0.4 is 10.6 Å². The number of nitrogens with zero attached hydrogens (tertiary/aromatic N) is 2. The lowest BCUT2D eigenvalue weighted by molar-refractivity contribution is 0.409. The molecule has 2 heterocycles. The third-order valence-electron chi connectivity index (χ3n) is 11.1. The van der Waals surface area contributed by atoms with Crippen LogP contribution in [0.5, 0.6) is 0 Å². The average molecular weight is 671 g/mol. The Morgan fingerprint density at radius 3 is 1.98 bits per heavy atom. The van der Waals surface area contributed by atoms with E-state index in [2.05, 4.69) is 199 Å². The van der Waals surface area contributed by atoms with Gasteiger partial charge in [-0.25, -0.2) is 4.99 Å². The van der Waals surface area contributed by atoms with Crippen molar-refractivity contribution >= 4 is 27.6 Å². The lowest BCUT2D eigenvalue weighted by Gasteiger charge is -2.32. The van der Waals surface area contributed by atoms with Gasteiger partial charge in [-0.2, -0.15) is 0 Å². The van der Waals surface area contributed by atoms with Crippen LogP contribution in [0.4, 0.5) is 0 Å². The number of aromatic nitrogens is 1. The van der Waals surface area contributed by atoms with Crippen molar-refractivity contribution in [3.05, 3.63) is 198 Å². The summed E-state index contributed by atoms with van der Waals surface area (Å²) in [7, 11) is 0. The van der Waals surface area contributed by atoms with Crippen LogP contribution in [0.3, 0.4) is 0 Å². The molecule has 2 N–H and O–H groups in total. The minimum Gasteiger partial charge on any atom is -0.350 e. The van der Waals surface area contributed by atoms with E-state index in [4.69, 9.17) is 4.99 Å². The maximum absolute atomic E-state index is 5.27. The van der Waals surface area contributed by atoms with E-state index in [1.807, 2.05) is 0 Å². The number of hydrogen-bond acceptors (Lipinski definition) is 3. The molecule has 250 valence electrons. The number of hydrogen-bond donors (Lipinski definition) is 2. The molecule has 0 amide bonds. The van der Waals surface area contributed by atoms with Crippen LogP contribution in [-0.4, -0.2) is 10.4 Å². The molecule has 0 radical (unpaired) electrons. The number of nitrogens with one attached hydrogen (secondary N) is 2. The zero-order valence-corrected chi connectivity index (χ0v) is 29.2. The van der Waals surface area contributed by atoms with Gasteiger partial charge in [-0.1, -0.05) is 153 Å². The van der Waals surface area contributed by atoms with Crippen molar-refractivity contribution in [1.82, 2.24) is 15.2 Å². The molecule has 0 spiro atoms. The lowest BCUT2D eigenvalue weighted by Crippen LogP contribution is -2.44. The highest BCUT2D eigenvalue weighted by Crippen LogP contribution is 2.51. The first-order valence-corrected chi connectivity index (χ1v) is 18.1. The summed E-state index contributed by atoms with van der Waals surface area (Å²) in [6.45, 7) is 4.72. The van der Waals surface area contributed by atoms with Gasteiger partial charge in [-0.3, -0.25) is 5.32 Å². The Morgan fingerprint density at radius 1 is 0.519 bits per heavy atom. The minimum absolute atomic E-state index is 0.101. The average Bonchev–Trinajstić information content (AvgIpc) is 3.65. The number of amidine groups is 1. The summed E-state index contributed by atoms with van der Waals surface area (Å²) in [5.41, 5.74) is 14.6. The van der Waals surface area contributed by atoms with E-state index in [9.17, 15) is 0 Å². The van der Waals surface area contributed by atoms with Crippen molar-refractivity contribution in [3.8, 4) is 27.9 Å². The Morgan fingerprint density at radius 2 is 1.19 bits per heavy atom. The van der Waals surface area contributed by atoms with Crippen molar-refractivity contribution < 1.29 is 0 Å². The van der Waals surface area contributed by atoms with E-state index >= 15 is 0 Å². The third kappa shape index (κ3) is 4.90. The topological polar surface area (TPSA) is 41.4 Å². The summed E-state index contributed by atoms with van der Waals surface area (Å²) in [4.78, 5) is 5.27. The Bertz CT molecular complexity index is 2650. The standard InChI is InChI=1S/C48H38N4/c1-48(2)41-24-13-12-23-37(41)39-29-40-38-26-25-34(31-15-6-3-7-16-31)28-43(38)52(44(40)30-42(39)48)36-22-14-21-35(27-36)47-50-45(32-17-8-4-9-18-32)49-46(51-47)33-19-10-5-11-20-33/h3-30,45-46,49H,1-2H3,(H,50,51). The smallest absolute Gasteiger partial charge is 0.131 e. The monoisotopic (exact) mass is 670 g/mol. The summed E-state index contributed by atoms with van der Waals surface area (Å²) in [6, 6.07) is 61.3. The van der Waals surface area contributed by atoms with Gasteiger partial charge in [0.05, 0.1) is 11.0 Å². The zero-order valence-electron chi connectivity index (χ0n) is 29.2. The van der Waals surface area contributed by atoms with E-state index in [1.165, 1.54) is 60.8 Å². The number of fused-ring (bicyclic) bond motifs is 6. The zero-order chi connectivity index (χ0) is 34.8. The molecule has 2 atom stereocenters. The van der Waals surface area contributed by atoms with E-state index in [0.29, 0.717) is 0 Å². The molecule has 52 heavy (non-hydrogen) atoms. The fourth-order valence-corrected chi connectivity index (χ4v) is 8.42. The highest BCUT2D eigenvalue weighted by atomic mass is 15.3. The Hall–Kier alpha value is -6.23. The molecule has 4 heteroatoms. The molecule has 0 bridgehead atoms. The fraction of sp³-hybridized carbons (Fsp3) is 0.104. The summed E-state index contributed by atoms with van der Waals surface area (Å²) in [5, 5.41) is 9.99. The van der Waals surface area contributed by atoms with Crippen LogP contribution in [0.15, 0.2) is 175 Å². The molecule has 0 saturated carbocycles. The molecule has 0 saturated heterocycles. The predicted molar refractivity (Wildman–Crippen MR) is 215 cm³/mol. The second-order valence-corrected chi connectivity index (χ2v) is 14.5. The van der Waals surface area contributed by atoms with Crippen LogP contribution in [0.2, 0.25) is 0 Å². The van der Waals surface area contributed by atoms with Gasteiger partial charge in [0, 0.05) is 27.4 Å². The van der Waals surface area contributed by atoms with Gasteiger partial charge in [-0.15, -0.1) is 0 Å². The molecule has 7 aromatic carbocycles. The van der Waals surface area contributed by atoms with Gasteiger partial charge < -0.3 is 9.88 Å². The molecule has 2 unspecified atom stereocenters. The Labute approximate surface area is 304 Å². The van der Waals surface area contributed by atoms with E-state index < -0.39 is 0 Å². The molecule has 0 fully saturated rings. The highest BCUT2D eigenvalue weighted by Gasteiger charge is 2.36. The Kier molecular flexibility index (Phi) is 7.02. The second kappa shape index (κ2) is 11.9. The molecule has 4 nitrogen and oxygen atoms in total. The quantitative estimate of drug-likeness (QED) is 0.191. The van der Waals surface area contributed by atoms with Crippen LogP contribution in [-0.2, 0) is 5.41 Å². The first-order chi connectivity index (χ1) is 25.5. The van der Waals surface area contributed by atoms with E-state index in [1.54, 1.807) is 0 Å². The molecule has 2 aliphatic rings. The highest BCUT2D eigenvalue weighted by molar-refractivity contribution is 6.12. The fourth-order valence-electron chi connectivity index (χ4n) is 8.42. The number of aliphatic imine (C=N–C) groups is 1. The van der Waals surface area contributed by atoms with E-state index in [-0.39, 0.29) is 17.7 Å². The van der Waals surface area contributed by atoms with Crippen molar-refractivity contribution in [2.45, 2.75) is 31.6 Å². The lowest BCUT2D eigenvalue weighted by atomic mass is 9.82. The normalized spacial score (nSPS) is 17.4. The summed E-state index contributed by atoms with van der Waals surface area (Å²) >= 11 is 0. The third-order valence-corrected chi connectivity index (χ3v) is 11.1. The van der Waals surface area contributed by atoms with Gasteiger partial charge in [-0.05, 0) is 74.8 Å². The minimum atomic E-state index is -0.195. The largest absolute Gasteiger partial charge is 0.350 e. The van der Waals surface area contributed by atoms with Gasteiger partial charge in [0.15, 0.2) is 0 Å². The second-order valence-electron chi connectivity index (χ2n) is 14.5. The van der Waals surface area contributed by atoms with Crippen LogP contribution >= 0.6 is 0 Å². The van der Waals surface area contributed by atoms with Crippen molar-refractivity contribution in [3.63, 3.8) is 0 Å². The first-order valence-electron chi connectivity index (χ1n) is 18.1. The van der Waals surface area contributed by atoms with Crippen molar-refractivity contribution in [1.29, 1.82) is 0 Å². The molecular weight excluding hydrogens is 633 g/mol. The molecule has 1 aliphatic heterocycles. The van der Waals surface area contributed by atoms with Gasteiger partial charge >= 0.3 is 0 Å².